The summed E-state index contributed by atoms with van der Waals surface area (Å²) in [5.74, 6) is 0.882. The van der Waals surface area contributed by atoms with Gasteiger partial charge in [0.05, 0.1) is 6.54 Å². The van der Waals surface area contributed by atoms with Crippen molar-refractivity contribution < 1.29 is 4.79 Å². The van der Waals surface area contributed by atoms with Gasteiger partial charge in [-0.1, -0.05) is 25.0 Å². The van der Waals surface area contributed by atoms with Crippen molar-refractivity contribution >= 4 is 41.7 Å². The number of urea groups is 1. The third-order valence-corrected chi connectivity index (χ3v) is 4.09. The molecule has 0 aromatic heterocycles. The number of nitrogens with one attached hydrogen (secondary N) is 4. The van der Waals surface area contributed by atoms with Crippen molar-refractivity contribution in [3.63, 3.8) is 0 Å². The molecule has 4 N–H and O–H groups in total. The number of hydrogen-bond donors (Lipinski definition) is 4. The summed E-state index contributed by atoms with van der Waals surface area (Å²) in [5.41, 5.74) is 1.89. The smallest absolute Gasteiger partial charge is 0.319 e. The second-order valence-corrected chi connectivity index (χ2v) is 6.77. The van der Waals surface area contributed by atoms with Crippen molar-refractivity contribution in [1.29, 1.82) is 0 Å². The average Bonchev–Trinajstić information content (AvgIpc) is 3.06. The molecule has 1 saturated carbocycles. The number of carbonyl (C=O) groups is 1. The molecule has 0 unspecified atom stereocenters. The van der Waals surface area contributed by atoms with E-state index in [4.69, 9.17) is 0 Å². The molecule has 1 aromatic carbocycles. The minimum atomic E-state index is -0.184. The molecule has 0 spiro atoms. The summed E-state index contributed by atoms with van der Waals surface area (Å²) in [6.45, 7) is 7.41. The standard InChI is InChI=1S/C19H31N5O.HI/c1-4-20-18(23-16-7-5-6-8-16)21-13-15-9-11-17(12-10-15)24-19(25)22-14(2)3;/h9-12,14,16H,4-8,13H2,1-3H3,(H2,20,21,23)(H2,22,24,25);1H. The molecule has 0 bridgehead atoms. The van der Waals surface area contributed by atoms with E-state index in [9.17, 15) is 4.79 Å². The second-order valence-electron chi connectivity index (χ2n) is 6.77. The molecular weight excluding hydrogens is 441 g/mol. The lowest BCUT2D eigenvalue weighted by molar-refractivity contribution is 0.250. The fourth-order valence-electron chi connectivity index (χ4n) is 2.88. The molecule has 2 rings (SSSR count). The van der Waals surface area contributed by atoms with Gasteiger partial charge in [-0.2, -0.15) is 0 Å². The largest absolute Gasteiger partial charge is 0.357 e. The number of aliphatic imine (C=N–C) groups is 1. The summed E-state index contributed by atoms with van der Waals surface area (Å²) in [6.07, 6.45) is 5.05. The number of halogens is 1. The SMILES string of the molecule is CCNC(=NCc1ccc(NC(=O)NC(C)C)cc1)NC1CCCC1.I. The van der Waals surface area contributed by atoms with Crippen LogP contribution in [-0.4, -0.2) is 30.6 Å². The molecule has 0 radical (unpaired) electrons. The highest BCUT2D eigenvalue weighted by Gasteiger charge is 2.15. The van der Waals surface area contributed by atoms with Gasteiger partial charge in [0.1, 0.15) is 0 Å². The minimum Gasteiger partial charge on any atom is -0.357 e. The number of hydrogen-bond acceptors (Lipinski definition) is 2. The van der Waals surface area contributed by atoms with Gasteiger partial charge >= 0.3 is 6.03 Å². The Labute approximate surface area is 174 Å². The van der Waals surface area contributed by atoms with Crippen molar-refractivity contribution in [3.05, 3.63) is 29.8 Å². The molecule has 1 aliphatic carbocycles. The number of carbonyl (C=O) groups excluding carboxylic acids is 1. The monoisotopic (exact) mass is 473 g/mol. The fourth-order valence-corrected chi connectivity index (χ4v) is 2.88. The van der Waals surface area contributed by atoms with E-state index in [0.717, 1.165) is 23.8 Å². The summed E-state index contributed by atoms with van der Waals surface area (Å²) >= 11 is 0. The maximum Gasteiger partial charge on any atom is 0.319 e. The molecule has 7 heteroatoms. The number of guanidine groups is 1. The molecule has 0 saturated heterocycles. The molecule has 1 aliphatic rings. The second kappa shape index (κ2) is 12.0. The van der Waals surface area contributed by atoms with Gasteiger partial charge in [0, 0.05) is 24.3 Å². The Morgan fingerprint density at radius 1 is 1.19 bits per heavy atom. The number of nitrogens with zero attached hydrogens (tertiary/aromatic N) is 1. The molecule has 0 aliphatic heterocycles. The van der Waals surface area contributed by atoms with Crippen molar-refractivity contribution in [3.8, 4) is 0 Å². The molecule has 6 nitrogen and oxygen atoms in total. The zero-order chi connectivity index (χ0) is 18.1. The Kier molecular flexibility index (Phi) is 10.4. The van der Waals surface area contributed by atoms with E-state index in [1.165, 1.54) is 25.7 Å². The first-order valence-corrected chi connectivity index (χ1v) is 9.28. The summed E-state index contributed by atoms with van der Waals surface area (Å²) in [4.78, 5) is 16.4. The van der Waals surface area contributed by atoms with E-state index in [2.05, 4.69) is 33.2 Å². The van der Waals surface area contributed by atoms with Gasteiger partial charge in [-0.15, -0.1) is 24.0 Å². The third-order valence-electron chi connectivity index (χ3n) is 4.09. The predicted octanol–water partition coefficient (Wildman–Crippen LogP) is 3.83. The van der Waals surface area contributed by atoms with E-state index in [-0.39, 0.29) is 36.0 Å². The van der Waals surface area contributed by atoms with Crippen LogP contribution in [0.5, 0.6) is 0 Å². The number of anilines is 1. The van der Waals surface area contributed by atoms with Crippen LogP contribution in [0, 0.1) is 0 Å². The maximum absolute atomic E-state index is 11.7. The van der Waals surface area contributed by atoms with E-state index >= 15 is 0 Å². The first-order valence-electron chi connectivity index (χ1n) is 9.28. The summed E-state index contributed by atoms with van der Waals surface area (Å²) in [7, 11) is 0. The molecule has 0 atom stereocenters. The molecule has 2 amide bonds. The van der Waals surface area contributed by atoms with Crippen molar-refractivity contribution in [2.24, 2.45) is 4.99 Å². The van der Waals surface area contributed by atoms with Crippen LogP contribution >= 0.6 is 24.0 Å². The maximum atomic E-state index is 11.7. The predicted molar refractivity (Wildman–Crippen MR) is 119 cm³/mol. The molecule has 1 fully saturated rings. The Morgan fingerprint density at radius 2 is 1.85 bits per heavy atom. The normalized spacial score (nSPS) is 14.7. The lowest BCUT2D eigenvalue weighted by Gasteiger charge is -2.16. The Bertz CT molecular complexity index is 568. The van der Waals surface area contributed by atoms with Gasteiger partial charge < -0.3 is 21.3 Å². The van der Waals surface area contributed by atoms with Gasteiger partial charge in [-0.05, 0) is 51.3 Å². The number of rotatable bonds is 6. The van der Waals surface area contributed by atoms with Crippen LogP contribution in [0.3, 0.4) is 0 Å². The average molecular weight is 473 g/mol. The van der Waals surface area contributed by atoms with Crippen LogP contribution in [0.1, 0.15) is 52.0 Å². The lowest BCUT2D eigenvalue weighted by atomic mass is 10.2. The van der Waals surface area contributed by atoms with Crippen LogP contribution in [0.15, 0.2) is 29.3 Å². The van der Waals surface area contributed by atoms with Crippen molar-refractivity contribution in [1.82, 2.24) is 16.0 Å². The van der Waals surface area contributed by atoms with E-state index in [0.29, 0.717) is 12.6 Å². The van der Waals surface area contributed by atoms with Gasteiger partial charge in [0.2, 0.25) is 0 Å². The summed E-state index contributed by atoms with van der Waals surface area (Å²) < 4.78 is 0. The zero-order valence-electron chi connectivity index (χ0n) is 16.0. The number of amides is 2. The topological polar surface area (TPSA) is 77.5 Å². The van der Waals surface area contributed by atoms with Crippen LogP contribution in [0.25, 0.3) is 0 Å². The first-order chi connectivity index (χ1) is 12.1. The summed E-state index contributed by atoms with van der Waals surface area (Å²) in [6, 6.07) is 8.27. The van der Waals surface area contributed by atoms with Gasteiger partial charge in [-0.3, -0.25) is 0 Å². The van der Waals surface area contributed by atoms with E-state index in [1.54, 1.807) is 0 Å². The highest BCUT2D eigenvalue weighted by atomic mass is 127. The first kappa shape index (κ1) is 22.5. The molecular formula is C19H32IN5O. The minimum absolute atomic E-state index is 0. The Balaban J connectivity index is 0.00000338. The van der Waals surface area contributed by atoms with Crippen molar-refractivity contribution in [2.75, 3.05) is 11.9 Å². The van der Waals surface area contributed by atoms with Crippen LogP contribution in [0.4, 0.5) is 10.5 Å². The van der Waals surface area contributed by atoms with E-state index < -0.39 is 0 Å². The van der Waals surface area contributed by atoms with Crippen molar-refractivity contribution in [2.45, 2.75) is 65.1 Å². The molecule has 146 valence electrons. The molecule has 26 heavy (non-hydrogen) atoms. The zero-order valence-corrected chi connectivity index (χ0v) is 18.3. The highest BCUT2D eigenvalue weighted by Crippen LogP contribution is 2.17. The third kappa shape index (κ3) is 8.25. The highest BCUT2D eigenvalue weighted by molar-refractivity contribution is 14.0. The van der Waals surface area contributed by atoms with Gasteiger partial charge in [0.25, 0.3) is 0 Å². The van der Waals surface area contributed by atoms with Crippen LogP contribution in [-0.2, 0) is 6.54 Å². The Hall–Kier alpha value is -1.51. The molecule has 1 aromatic rings. The lowest BCUT2D eigenvalue weighted by Crippen LogP contribution is -2.42. The number of benzene rings is 1. The summed E-state index contributed by atoms with van der Waals surface area (Å²) in [5, 5.41) is 12.5. The Morgan fingerprint density at radius 3 is 2.42 bits per heavy atom. The van der Waals surface area contributed by atoms with Gasteiger partial charge in [0.15, 0.2) is 5.96 Å². The fraction of sp³-hybridized carbons (Fsp3) is 0.579. The molecule has 0 heterocycles. The van der Waals surface area contributed by atoms with Crippen LogP contribution < -0.4 is 21.3 Å². The van der Waals surface area contributed by atoms with E-state index in [1.807, 2.05) is 38.1 Å². The van der Waals surface area contributed by atoms with Crippen LogP contribution in [0.2, 0.25) is 0 Å². The van der Waals surface area contributed by atoms with Gasteiger partial charge in [-0.25, -0.2) is 9.79 Å². The quantitative estimate of drug-likeness (QED) is 0.288.